The molecule has 3 rings (SSSR count). The van der Waals surface area contributed by atoms with Gasteiger partial charge in [0.25, 0.3) is 0 Å². The predicted octanol–water partition coefficient (Wildman–Crippen LogP) is 5.10. The fourth-order valence-electron chi connectivity index (χ4n) is 1.75. The molecule has 1 aromatic carbocycles. The molecule has 0 amide bonds. The SMILES string of the molecule is CC.CC.Cc1cc(Cl)cc(Sc2nc3ncnc(N)c3[nH]2)c1. The van der Waals surface area contributed by atoms with Gasteiger partial charge in [-0.3, -0.25) is 0 Å². The van der Waals surface area contributed by atoms with Crippen LogP contribution >= 0.6 is 23.4 Å². The van der Waals surface area contributed by atoms with Crippen molar-refractivity contribution in [2.45, 2.75) is 44.7 Å². The Hall–Kier alpha value is -1.79. The topological polar surface area (TPSA) is 80.5 Å². The second kappa shape index (κ2) is 9.37. The Labute approximate surface area is 146 Å². The molecule has 0 radical (unpaired) electrons. The minimum Gasteiger partial charge on any atom is -0.382 e. The van der Waals surface area contributed by atoms with Crippen LogP contribution in [0.15, 0.2) is 34.6 Å². The maximum absolute atomic E-state index is 6.03. The van der Waals surface area contributed by atoms with E-state index in [9.17, 15) is 0 Å². The van der Waals surface area contributed by atoms with E-state index in [-0.39, 0.29) is 0 Å². The lowest BCUT2D eigenvalue weighted by molar-refractivity contribution is 1.07. The molecular formula is C16H22ClN5S. The second-order valence-corrected chi connectivity index (χ2v) is 5.56. The van der Waals surface area contributed by atoms with Gasteiger partial charge in [-0.15, -0.1) is 0 Å². The lowest BCUT2D eigenvalue weighted by atomic mass is 10.2. The number of benzene rings is 1. The molecule has 0 aliphatic heterocycles. The van der Waals surface area contributed by atoms with Crippen molar-refractivity contribution in [3.05, 3.63) is 35.1 Å². The van der Waals surface area contributed by atoms with Crippen molar-refractivity contribution >= 4 is 40.3 Å². The third-order valence-corrected chi connectivity index (χ3v) is 3.60. The number of nitrogens with zero attached hydrogens (tertiary/aromatic N) is 3. The number of anilines is 1. The number of hydrogen-bond acceptors (Lipinski definition) is 5. The molecule has 3 N–H and O–H groups in total. The molecule has 0 aliphatic carbocycles. The molecular weight excluding hydrogens is 330 g/mol. The standard InChI is InChI=1S/C12H10ClN5S.2C2H6/c1-6-2-7(13)4-8(3-6)19-12-17-9-10(14)15-5-16-11(9)18-12;2*1-2/h2-5H,1H3,(H3,14,15,16,17,18);2*1-2H3. The Kier molecular flexibility index (Phi) is 7.85. The van der Waals surface area contributed by atoms with Gasteiger partial charge in [0, 0.05) is 9.92 Å². The van der Waals surface area contributed by atoms with Crippen molar-refractivity contribution in [1.82, 2.24) is 19.9 Å². The van der Waals surface area contributed by atoms with Gasteiger partial charge in [0.2, 0.25) is 0 Å². The van der Waals surface area contributed by atoms with Gasteiger partial charge in [-0.2, -0.15) is 0 Å². The van der Waals surface area contributed by atoms with Crippen LogP contribution in [-0.2, 0) is 0 Å². The van der Waals surface area contributed by atoms with Gasteiger partial charge >= 0.3 is 0 Å². The molecule has 0 saturated heterocycles. The summed E-state index contributed by atoms with van der Waals surface area (Å²) in [5.74, 6) is 0.395. The molecule has 3 aromatic rings. The smallest absolute Gasteiger partial charge is 0.183 e. The van der Waals surface area contributed by atoms with E-state index in [1.165, 1.54) is 18.1 Å². The first kappa shape index (κ1) is 19.3. The summed E-state index contributed by atoms with van der Waals surface area (Å²) in [6.07, 6.45) is 1.40. The number of fused-ring (bicyclic) bond motifs is 1. The van der Waals surface area contributed by atoms with E-state index < -0.39 is 0 Å². The van der Waals surface area contributed by atoms with Crippen molar-refractivity contribution in [3.63, 3.8) is 0 Å². The number of aromatic amines is 1. The highest BCUT2D eigenvalue weighted by molar-refractivity contribution is 7.99. The fourth-order valence-corrected chi connectivity index (χ4v) is 3.04. The molecule has 0 atom stereocenters. The Morgan fingerprint density at radius 2 is 1.78 bits per heavy atom. The molecule has 7 heteroatoms. The summed E-state index contributed by atoms with van der Waals surface area (Å²) in [5, 5.41) is 1.42. The Balaban J connectivity index is 0.000000615. The van der Waals surface area contributed by atoms with Crippen LogP contribution < -0.4 is 5.73 Å². The Bertz CT molecular complexity index is 737. The first-order valence-electron chi connectivity index (χ1n) is 7.53. The van der Waals surface area contributed by atoms with Crippen molar-refractivity contribution in [1.29, 1.82) is 0 Å². The van der Waals surface area contributed by atoms with Gasteiger partial charge in [-0.05, 0) is 30.7 Å². The quantitative estimate of drug-likeness (QED) is 0.671. The molecule has 124 valence electrons. The van der Waals surface area contributed by atoms with Crippen LogP contribution in [-0.4, -0.2) is 19.9 Å². The molecule has 0 aliphatic rings. The summed E-state index contributed by atoms with van der Waals surface area (Å²) in [6.45, 7) is 10.00. The molecule has 2 aromatic heterocycles. The van der Waals surface area contributed by atoms with Crippen LogP contribution in [0.5, 0.6) is 0 Å². The average molecular weight is 352 g/mol. The van der Waals surface area contributed by atoms with Crippen molar-refractivity contribution in [2.75, 3.05) is 5.73 Å². The molecule has 0 spiro atoms. The number of nitrogens with two attached hydrogens (primary N) is 1. The minimum absolute atomic E-state index is 0.395. The van der Waals surface area contributed by atoms with Gasteiger partial charge in [0.05, 0.1) is 0 Å². The summed E-state index contributed by atoms with van der Waals surface area (Å²) < 4.78 is 0. The number of halogens is 1. The Morgan fingerprint density at radius 3 is 2.39 bits per heavy atom. The van der Waals surface area contributed by atoms with E-state index in [2.05, 4.69) is 19.9 Å². The molecule has 0 unspecified atom stereocenters. The van der Waals surface area contributed by atoms with Crippen LogP contribution in [0.1, 0.15) is 33.3 Å². The summed E-state index contributed by atoms with van der Waals surface area (Å²) in [5.41, 5.74) is 8.08. The molecule has 2 heterocycles. The first-order chi connectivity index (χ1) is 11.1. The third kappa shape index (κ3) is 5.11. The number of nitrogens with one attached hydrogen (secondary N) is 1. The number of H-pyrrole nitrogens is 1. The van der Waals surface area contributed by atoms with Crippen molar-refractivity contribution < 1.29 is 0 Å². The second-order valence-electron chi connectivity index (χ2n) is 4.07. The largest absolute Gasteiger partial charge is 0.382 e. The van der Waals surface area contributed by atoms with Crippen LogP contribution in [0.4, 0.5) is 5.82 Å². The zero-order valence-electron chi connectivity index (χ0n) is 14.0. The summed E-state index contributed by atoms with van der Waals surface area (Å²) in [6, 6.07) is 5.84. The maximum Gasteiger partial charge on any atom is 0.183 e. The number of aromatic nitrogens is 4. The van der Waals surface area contributed by atoms with Crippen molar-refractivity contribution in [3.8, 4) is 0 Å². The van der Waals surface area contributed by atoms with Crippen molar-refractivity contribution in [2.24, 2.45) is 0 Å². The maximum atomic E-state index is 6.03. The minimum atomic E-state index is 0.395. The number of hydrogen-bond donors (Lipinski definition) is 2. The fraction of sp³-hybridized carbons (Fsp3) is 0.312. The lowest BCUT2D eigenvalue weighted by Gasteiger charge is -2.00. The van der Waals surface area contributed by atoms with Gasteiger partial charge in [0.15, 0.2) is 16.6 Å². The zero-order chi connectivity index (χ0) is 17.4. The van der Waals surface area contributed by atoms with E-state index in [0.29, 0.717) is 27.2 Å². The highest BCUT2D eigenvalue weighted by Crippen LogP contribution is 2.30. The highest BCUT2D eigenvalue weighted by Gasteiger charge is 2.09. The Morgan fingerprint density at radius 1 is 1.09 bits per heavy atom. The summed E-state index contributed by atoms with van der Waals surface area (Å²) in [7, 11) is 0. The monoisotopic (exact) mass is 351 g/mol. The van der Waals surface area contributed by atoms with Crippen LogP contribution in [0.3, 0.4) is 0 Å². The average Bonchev–Trinajstić information content (AvgIpc) is 2.94. The molecule has 23 heavy (non-hydrogen) atoms. The van der Waals surface area contributed by atoms with Crippen LogP contribution in [0, 0.1) is 6.92 Å². The zero-order valence-corrected chi connectivity index (χ0v) is 15.6. The van der Waals surface area contributed by atoms with Gasteiger partial charge in [-0.1, -0.05) is 51.1 Å². The van der Waals surface area contributed by atoms with E-state index in [1.807, 2.05) is 52.8 Å². The normalized spacial score (nSPS) is 9.65. The number of rotatable bonds is 2. The number of aryl methyl sites for hydroxylation is 1. The number of imidazole rings is 1. The molecule has 5 nitrogen and oxygen atoms in total. The van der Waals surface area contributed by atoms with Crippen LogP contribution in [0.25, 0.3) is 11.2 Å². The van der Waals surface area contributed by atoms with E-state index in [0.717, 1.165) is 10.5 Å². The number of nitrogen functional groups attached to an aromatic ring is 1. The molecule has 0 bridgehead atoms. The van der Waals surface area contributed by atoms with Gasteiger partial charge < -0.3 is 10.7 Å². The van der Waals surface area contributed by atoms with Gasteiger partial charge in [0.1, 0.15) is 11.8 Å². The van der Waals surface area contributed by atoms with Gasteiger partial charge in [-0.25, -0.2) is 15.0 Å². The molecule has 0 fully saturated rings. The van der Waals surface area contributed by atoms with Crippen LogP contribution in [0.2, 0.25) is 5.02 Å². The van der Waals surface area contributed by atoms with E-state index in [4.69, 9.17) is 17.3 Å². The van der Waals surface area contributed by atoms with E-state index in [1.54, 1.807) is 0 Å². The molecule has 0 saturated carbocycles. The third-order valence-electron chi connectivity index (χ3n) is 2.53. The first-order valence-corrected chi connectivity index (χ1v) is 8.72. The highest BCUT2D eigenvalue weighted by atomic mass is 35.5. The predicted molar refractivity (Wildman–Crippen MR) is 99.1 cm³/mol. The summed E-state index contributed by atoms with van der Waals surface area (Å²) in [4.78, 5) is 16.5. The lowest BCUT2D eigenvalue weighted by Crippen LogP contribution is -1.91. The van der Waals surface area contributed by atoms with E-state index >= 15 is 0 Å². The summed E-state index contributed by atoms with van der Waals surface area (Å²) >= 11 is 7.51.